The molecular formula is C12H19ClN4O2. The first kappa shape index (κ1) is 15.7. The lowest BCUT2D eigenvalue weighted by atomic mass is 10.3. The number of amides is 1. The summed E-state index contributed by atoms with van der Waals surface area (Å²) in [5, 5.41) is 3.16. The minimum atomic E-state index is -0.0914. The maximum atomic E-state index is 11.7. The van der Waals surface area contributed by atoms with Crippen molar-refractivity contribution in [2.45, 2.75) is 13.8 Å². The number of hydrogen-bond donors (Lipinski definition) is 1. The van der Waals surface area contributed by atoms with Crippen LogP contribution >= 0.6 is 11.6 Å². The summed E-state index contributed by atoms with van der Waals surface area (Å²) in [6, 6.07) is 0. The second-order valence-electron chi connectivity index (χ2n) is 4.21. The zero-order valence-electron chi connectivity index (χ0n) is 11.7. The molecule has 7 heteroatoms. The molecule has 106 valence electrons. The number of carbonyl (C=O) groups is 1. The van der Waals surface area contributed by atoms with Crippen molar-refractivity contribution < 1.29 is 9.53 Å². The summed E-state index contributed by atoms with van der Waals surface area (Å²) in [7, 11) is 3.38. The van der Waals surface area contributed by atoms with Crippen molar-refractivity contribution in [2.24, 2.45) is 0 Å². The third-order valence-corrected chi connectivity index (χ3v) is 2.91. The Bertz CT molecular complexity index is 454. The van der Waals surface area contributed by atoms with Crippen molar-refractivity contribution in [3.63, 3.8) is 0 Å². The molecule has 1 N–H and O–H groups in total. The van der Waals surface area contributed by atoms with E-state index in [1.807, 2.05) is 6.92 Å². The van der Waals surface area contributed by atoms with Crippen LogP contribution in [0.2, 0.25) is 5.15 Å². The average molecular weight is 287 g/mol. The Kier molecular flexibility index (Phi) is 5.98. The van der Waals surface area contributed by atoms with Gasteiger partial charge in [-0.25, -0.2) is 9.97 Å². The Morgan fingerprint density at radius 1 is 1.42 bits per heavy atom. The van der Waals surface area contributed by atoms with Gasteiger partial charge in [0.15, 0.2) is 0 Å². The molecule has 19 heavy (non-hydrogen) atoms. The molecule has 0 aliphatic rings. The van der Waals surface area contributed by atoms with E-state index in [0.29, 0.717) is 29.9 Å². The Morgan fingerprint density at radius 2 is 2.11 bits per heavy atom. The Labute approximate surface area is 118 Å². The summed E-state index contributed by atoms with van der Waals surface area (Å²) in [5.41, 5.74) is 0.763. The van der Waals surface area contributed by atoms with E-state index in [4.69, 9.17) is 16.3 Å². The molecule has 0 spiro atoms. The van der Waals surface area contributed by atoms with Crippen LogP contribution in [-0.2, 0) is 9.53 Å². The van der Waals surface area contributed by atoms with Crippen LogP contribution in [-0.4, -0.2) is 49.7 Å². The number of likely N-dealkylation sites (N-methyl/N-ethyl adjacent to an activating group) is 1. The van der Waals surface area contributed by atoms with Gasteiger partial charge in [0, 0.05) is 26.3 Å². The van der Waals surface area contributed by atoms with Crippen LogP contribution in [0.25, 0.3) is 0 Å². The Morgan fingerprint density at radius 3 is 2.74 bits per heavy atom. The number of nitrogens with zero attached hydrogens (tertiary/aromatic N) is 3. The molecule has 0 radical (unpaired) electrons. The fourth-order valence-corrected chi connectivity index (χ4v) is 1.80. The van der Waals surface area contributed by atoms with Crippen molar-refractivity contribution >= 4 is 23.3 Å². The predicted molar refractivity (Wildman–Crippen MR) is 74.7 cm³/mol. The summed E-state index contributed by atoms with van der Waals surface area (Å²) in [4.78, 5) is 21.8. The molecule has 0 unspecified atom stereocenters. The molecule has 0 aromatic carbocycles. The number of methoxy groups -OCH3 is 1. The van der Waals surface area contributed by atoms with E-state index in [9.17, 15) is 4.79 Å². The molecule has 1 aromatic heterocycles. The molecule has 0 fully saturated rings. The van der Waals surface area contributed by atoms with Gasteiger partial charge in [0.2, 0.25) is 5.91 Å². The summed E-state index contributed by atoms with van der Waals surface area (Å²) < 4.78 is 4.87. The number of hydrogen-bond acceptors (Lipinski definition) is 5. The summed E-state index contributed by atoms with van der Waals surface area (Å²) in [6.45, 7) is 4.79. The van der Waals surface area contributed by atoms with Gasteiger partial charge in [-0.3, -0.25) is 4.79 Å². The zero-order chi connectivity index (χ0) is 14.4. The normalized spacial score (nSPS) is 10.4. The molecule has 1 heterocycles. The van der Waals surface area contributed by atoms with Crippen molar-refractivity contribution in [2.75, 3.05) is 38.8 Å². The molecule has 1 rings (SSSR count). The van der Waals surface area contributed by atoms with Gasteiger partial charge in [-0.1, -0.05) is 11.6 Å². The maximum Gasteiger partial charge on any atom is 0.239 e. The lowest BCUT2D eigenvalue weighted by Gasteiger charge is -2.20. The van der Waals surface area contributed by atoms with Crippen LogP contribution in [0.1, 0.15) is 11.4 Å². The van der Waals surface area contributed by atoms with Crippen LogP contribution in [0.15, 0.2) is 0 Å². The second kappa shape index (κ2) is 7.25. The number of rotatable bonds is 6. The minimum Gasteiger partial charge on any atom is -0.383 e. The van der Waals surface area contributed by atoms with Gasteiger partial charge in [0.05, 0.1) is 13.2 Å². The van der Waals surface area contributed by atoms with Crippen molar-refractivity contribution in [1.82, 2.24) is 15.3 Å². The Hall–Kier alpha value is -1.40. The number of anilines is 1. The monoisotopic (exact) mass is 286 g/mol. The zero-order valence-corrected chi connectivity index (χ0v) is 12.4. The van der Waals surface area contributed by atoms with Gasteiger partial charge in [-0.05, 0) is 13.8 Å². The van der Waals surface area contributed by atoms with Gasteiger partial charge >= 0.3 is 0 Å². The molecule has 0 saturated carbocycles. The summed E-state index contributed by atoms with van der Waals surface area (Å²) in [5.74, 6) is 1.16. The molecule has 1 aromatic rings. The standard InChI is InChI=1S/C12H19ClN4O2/c1-8-11(13)15-9(2)16-12(8)17(3)7-10(18)14-5-6-19-4/h5-7H2,1-4H3,(H,14,18). The number of halogens is 1. The molecule has 0 saturated heterocycles. The molecule has 1 amide bonds. The maximum absolute atomic E-state index is 11.7. The molecule has 0 bridgehead atoms. The molecule has 0 atom stereocenters. The van der Waals surface area contributed by atoms with Gasteiger partial charge in [0.25, 0.3) is 0 Å². The highest BCUT2D eigenvalue weighted by Crippen LogP contribution is 2.22. The predicted octanol–water partition coefficient (Wildman–Crippen LogP) is 0.946. The van der Waals surface area contributed by atoms with E-state index in [0.717, 1.165) is 5.56 Å². The van der Waals surface area contributed by atoms with Crippen molar-refractivity contribution in [1.29, 1.82) is 0 Å². The van der Waals surface area contributed by atoms with Crippen LogP contribution in [0.3, 0.4) is 0 Å². The van der Waals surface area contributed by atoms with Crippen LogP contribution < -0.4 is 10.2 Å². The lowest BCUT2D eigenvalue weighted by Crippen LogP contribution is -2.37. The summed E-state index contributed by atoms with van der Waals surface area (Å²) >= 11 is 6.01. The first-order chi connectivity index (χ1) is 8.95. The molecular weight excluding hydrogens is 268 g/mol. The minimum absolute atomic E-state index is 0.0914. The highest BCUT2D eigenvalue weighted by Gasteiger charge is 2.14. The molecule has 0 aliphatic heterocycles. The SMILES string of the molecule is COCCNC(=O)CN(C)c1nc(C)nc(Cl)c1C. The van der Waals surface area contributed by atoms with E-state index >= 15 is 0 Å². The van der Waals surface area contributed by atoms with E-state index in [2.05, 4.69) is 15.3 Å². The fourth-order valence-electron chi connectivity index (χ4n) is 1.59. The fraction of sp³-hybridized carbons (Fsp3) is 0.583. The number of nitrogens with one attached hydrogen (secondary N) is 1. The van der Waals surface area contributed by atoms with Crippen molar-refractivity contribution in [3.8, 4) is 0 Å². The number of aryl methyl sites for hydroxylation is 1. The van der Waals surface area contributed by atoms with E-state index < -0.39 is 0 Å². The van der Waals surface area contributed by atoms with Gasteiger partial charge in [-0.2, -0.15) is 0 Å². The Balaban J connectivity index is 2.68. The number of ether oxygens (including phenoxy) is 1. The van der Waals surface area contributed by atoms with E-state index in [1.165, 1.54) is 0 Å². The van der Waals surface area contributed by atoms with Crippen LogP contribution in [0.4, 0.5) is 5.82 Å². The quantitative estimate of drug-likeness (QED) is 0.623. The van der Waals surface area contributed by atoms with Crippen molar-refractivity contribution in [3.05, 3.63) is 16.5 Å². The van der Waals surface area contributed by atoms with Gasteiger partial charge in [0.1, 0.15) is 16.8 Å². The first-order valence-corrected chi connectivity index (χ1v) is 6.31. The van der Waals surface area contributed by atoms with Crippen LogP contribution in [0, 0.1) is 13.8 Å². The lowest BCUT2D eigenvalue weighted by molar-refractivity contribution is -0.119. The highest BCUT2D eigenvalue weighted by atomic mass is 35.5. The number of carbonyl (C=O) groups excluding carboxylic acids is 1. The smallest absolute Gasteiger partial charge is 0.239 e. The summed E-state index contributed by atoms with van der Waals surface area (Å²) in [6.07, 6.45) is 0. The van der Waals surface area contributed by atoms with Gasteiger partial charge < -0.3 is 15.0 Å². The van der Waals surface area contributed by atoms with Crippen LogP contribution in [0.5, 0.6) is 0 Å². The van der Waals surface area contributed by atoms with Gasteiger partial charge in [-0.15, -0.1) is 0 Å². The molecule has 6 nitrogen and oxygen atoms in total. The first-order valence-electron chi connectivity index (χ1n) is 5.93. The van der Waals surface area contributed by atoms with E-state index in [-0.39, 0.29) is 12.5 Å². The third kappa shape index (κ3) is 4.65. The third-order valence-electron chi connectivity index (χ3n) is 2.54. The highest BCUT2D eigenvalue weighted by molar-refractivity contribution is 6.30. The number of aromatic nitrogens is 2. The topological polar surface area (TPSA) is 67.3 Å². The average Bonchev–Trinajstić information content (AvgIpc) is 2.33. The largest absolute Gasteiger partial charge is 0.383 e. The second-order valence-corrected chi connectivity index (χ2v) is 4.57. The van der Waals surface area contributed by atoms with E-state index in [1.54, 1.807) is 26.0 Å². The molecule has 0 aliphatic carbocycles.